The van der Waals surface area contributed by atoms with Crippen molar-refractivity contribution in [2.45, 2.75) is 32.0 Å². The maximum atomic E-state index is 12.8. The van der Waals surface area contributed by atoms with E-state index in [1.165, 1.54) is 11.2 Å². The Balaban J connectivity index is 1.42. The van der Waals surface area contributed by atoms with Gasteiger partial charge >= 0.3 is 0 Å². The number of hydrogen-bond acceptors (Lipinski definition) is 8. The highest BCUT2D eigenvalue weighted by atomic mass is 16.5. The molecule has 1 aromatic carbocycles. The maximum Gasteiger partial charge on any atom is 0.276 e. The Morgan fingerprint density at radius 1 is 1.30 bits per heavy atom. The van der Waals surface area contributed by atoms with E-state index in [0.717, 1.165) is 12.0 Å². The molecule has 1 aliphatic heterocycles. The molecule has 1 aliphatic rings. The first kappa shape index (κ1) is 19.8. The fourth-order valence-corrected chi connectivity index (χ4v) is 3.41. The summed E-state index contributed by atoms with van der Waals surface area (Å²) < 4.78 is 10.1. The lowest BCUT2D eigenvalue weighted by Crippen LogP contribution is -2.43. The number of carbonyl (C=O) groups excluding carboxylic acids is 2. The van der Waals surface area contributed by atoms with Crippen LogP contribution in [0.5, 0.6) is 0 Å². The quantitative estimate of drug-likeness (QED) is 0.553. The van der Waals surface area contributed by atoms with Crippen molar-refractivity contribution >= 4 is 17.5 Å². The van der Waals surface area contributed by atoms with Crippen molar-refractivity contribution in [3.63, 3.8) is 0 Å². The lowest BCUT2D eigenvalue weighted by atomic mass is 10.1. The van der Waals surface area contributed by atoms with Crippen LogP contribution in [0.15, 0.2) is 45.5 Å². The van der Waals surface area contributed by atoms with E-state index >= 15 is 0 Å². The van der Waals surface area contributed by atoms with Gasteiger partial charge in [0.2, 0.25) is 11.8 Å². The van der Waals surface area contributed by atoms with E-state index in [0.29, 0.717) is 30.1 Å². The molecule has 0 bridgehead atoms. The van der Waals surface area contributed by atoms with Gasteiger partial charge in [-0.3, -0.25) is 9.59 Å². The minimum absolute atomic E-state index is 0.100. The van der Waals surface area contributed by atoms with Crippen LogP contribution >= 0.6 is 0 Å². The second kappa shape index (κ2) is 8.47. The van der Waals surface area contributed by atoms with Gasteiger partial charge in [0.15, 0.2) is 11.5 Å². The summed E-state index contributed by atoms with van der Waals surface area (Å²) in [5, 5.41) is 15.8. The number of nitrogens with two attached hydrogens (primary N) is 1. The van der Waals surface area contributed by atoms with Crippen LogP contribution in [0.2, 0.25) is 0 Å². The molecule has 10 heteroatoms. The van der Waals surface area contributed by atoms with Crippen molar-refractivity contribution in [1.29, 1.82) is 0 Å². The van der Waals surface area contributed by atoms with Crippen molar-refractivity contribution in [2.24, 2.45) is 5.73 Å². The van der Waals surface area contributed by atoms with Gasteiger partial charge in [-0.15, -0.1) is 0 Å². The molecule has 0 aliphatic carbocycles. The molecule has 4 rings (SSSR count). The Bertz CT molecular complexity index is 1040. The number of aliphatic hydroxyl groups excluding tert-OH is 1. The van der Waals surface area contributed by atoms with Gasteiger partial charge in [-0.2, -0.15) is 0 Å². The van der Waals surface area contributed by atoms with Gasteiger partial charge in [-0.1, -0.05) is 17.3 Å². The average molecular weight is 411 g/mol. The van der Waals surface area contributed by atoms with Crippen LogP contribution < -0.4 is 11.1 Å². The van der Waals surface area contributed by atoms with E-state index in [1.807, 2.05) is 0 Å². The van der Waals surface area contributed by atoms with Crippen LogP contribution in [0.25, 0.3) is 11.3 Å². The second-order valence-corrected chi connectivity index (χ2v) is 6.89. The van der Waals surface area contributed by atoms with Gasteiger partial charge in [0.1, 0.15) is 24.6 Å². The number of rotatable bonds is 6. The van der Waals surface area contributed by atoms with Gasteiger partial charge in [0, 0.05) is 23.9 Å². The maximum absolute atomic E-state index is 12.8. The van der Waals surface area contributed by atoms with Gasteiger partial charge in [0.05, 0.1) is 6.54 Å². The zero-order chi connectivity index (χ0) is 21.1. The van der Waals surface area contributed by atoms with Crippen molar-refractivity contribution in [1.82, 2.24) is 15.0 Å². The van der Waals surface area contributed by atoms with Crippen molar-refractivity contribution in [2.75, 3.05) is 11.9 Å². The average Bonchev–Trinajstić information content (AvgIpc) is 3.54. The Morgan fingerprint density at radius 3 is 2.77 bits per heavy atom. The Kier molecular flexibility index (Phi) is 5.59. The number of carbonyl (C=O) groups is 2. The molecular formula is C20H21N5O5. The summed E-state index contributed by atoms with van der Waals surface area (Å²) in [6.07, 6.45) is 2.56. The summed E-state index contributed by atoms with van der Waals surface area (Å²) in [4.78, 5) is 31.1. The predicted molar refractivity (Wildman–Crippen MR) is 105 cm³/mol. The minimum Gasteiger partial charge on any atom is -0.447 e. The highest BCUT2D eigenvalue weighted by molar-refractivity contribution is 6.00. The summed E-state index contributed by atoms with van der Waals surface area (Å²) in [5.41, 5.74) is 7.59. The monoisotopic (exact) mass is 411 g/mol. The highest BCUT2D eigenvalue weighted by Crippen LogP contribution is 2.24. The van der Waals surface area contributed by atoms with E-state index in [1.54, 1.807) is 30.3 Å². The predicted octanol–water partition coefficient (Wildman–Crippen LogP) is 1.52. The standard InChI is InChI=1S/C20H21N5O5/c21-9-18-23-16(11-29-18)20(28)25-7-1-2-17(25)19(27)22-13-5-3-12(4-6-13)15-8-14(10-26)30-24-15/h3-6,8,11,17,26H,1-2,7,9-10,21H2,(H,22,27)/t17-/m1/s1. The van der Waals surface area contributed by atoms with Crippen LogP contribution in [0.1, 0.15) is 35.0 Å². The van der Waals surface area contributed by atoms with E-state index in [2.05, 4.69) is 15.5 Å². The van der Waals surface area contributed by atoms with Gasteiger partial charge in [-0.25, -0.2) is 4.98 Å². The van der Waals surface area contributed by atoms with Crippen LogP contribution in [-0.4, -0.2) is 44.5 Å². The number of aromatic nitrogens is 2. The van der Waals surface area contributed by atoms with Gasteiger partial charge in [0.25, 0.3) is 5.91 Å². The number of hydrogen-bond donors (Lipinski definition) is 3. The molecule has 1 fully saturated rings. The first-order chi connectivity index (χ1) is 14.6. The van der Waals surface area contributed by atoms with Gasteiger partial charge in [-0.05, 0) is 25.0 Å². The number of likely N-dealkylation sites (tertiary alicyclic amines) is 1. The van der Waals surface area contributed by atoms with Crippen molar-refractivity contribution in [3.05, 3.63) is 53.9 Å². The molecule has 30 heavy (non-hydrogen) atoms. The summed E-state index contributed by atoms with van der Waals surface area (Å²) >= 11 is 0. The zero-order valence-electron chi connectivity index (χ0n) is 16.1. The van der Waals surface area contributed by atoms with Gasteiger partial charge < -0.3 is 30.0 Å². The summed E-state index contributed by atoms with van der Waals surface area (Å²) in [5.74, 6) is 0.0354. The molecule has 0 saturated carbocycles. The molecular weight excluding hydrogens is 390 g/mol. The normalized spacial score (nSPS) is 16.1. The highest BCUT2D eigenvalue weighted by Gasteiger charge is 2.35. The minimum atomic E-state index is -0.585. The lowest BCUT2D eigenvalue weighted by Gasteiger charge is -2.23. The molecule has 3 heterocycles. The Labute approximate surface area is 171 Å². The number of nitrogens with one attached hydrogen (secondary N) is 1. The molecule has 0 radical (unpaired) electrons. The van der Waals surface area contributed by atoms with Crippen LogP contribution in [-0.2, 0) is 17.9 Å². The molecule has 1 atom stereocenters. The van der Waals surface area contributed by atoms with Crippen LogP contribution in [0.4, 0.5) is 5.69 Å². The number of amides is 2. The van der Waals surface area contributed by atoms with Crippen LogP contribution in [0.3, 0.4) is 0 Å². The van der Waals surface area contributed by atoms with Crippen LogP contribution in [0, 0.1) is 0 Å². The largest absolute Gasteiger partial charge is 0.447 e. The van der Waals surface area contributed by atoms with E-state index < -0.39 is 6.04 Å². The molecule has 156 valence electrons. The molecule has 2 amide bonds. The topological polar surface area (TPSA) is 148 Å². The number of anilines is 1. The first-order valence-corrected chi connectivity index (χ1v) is 9.52. The molecule has 2 aromatic heterocycles. The summed E-state index contributed by atoms with van der Waals surface area (Å²) in [6, 6.07) is 8.12. The smallest absolute Gasteiger partial charge is 0.276 e. The molecule has 10 nitrogen and oxygen atoms in total. The fourth-order valence-electron chi connectivity index (χ4n) is 3.41. The van der Waals surface area contributed by atoms with Crippen molar-refractivity contribution < 1.29 is 23.6 Å². The second-order valence-electron chi connectivity index (χ2n) is 6.89. The SMILES string of the molecule is NCc1nc(C(=O)N2CCC[C@@H]2C(=O)Nc2ccc(-c3cc(CO)on3)cc2)co1. The van der Waals surface area contributed by atoms with E-state index in [9.17, 15) is 9.59 Å². The van der Waals surface area contributed by atoms with E-state index in [4.69, 9.17) is 19.8 Å². The number of nitrogens with zero attached hydrogens (tertiary/aromatic N) is 3. The number of aliphatic hydroxyl groups is 1. The molecule has 3 aromatic rings. The zero-order valence-corrected chi connectivity index (χ0v) is 16.1. The Morgan fingerprint density at radius 2 is 2.10 bits per heavy atom. The summed E-state index contributed by atoms with van der Waals surface area (Å²) in [7, 11) is 0. The number of benzene rings is 1. The Hall–Kier alpha value is -3.50. The first-order valence-electron chi connectivity index (χ1n) is 9.52. The third-order valence-corrected chi connectivity index (χ3v) is 4.92. The summed E-state index contributed by atoms with van der Waals surface area (Å²) in [6.45, 7) is 0.350. The molecule has 1 saturated heterocycles. The molecule has 0 spiro atoms. The molecule has 4 N–H and O–H groups in total. The molecule has 0 unspecified atom stereocenters. The number of oxazole rings is 1. The third-order valence-electron chi connectivity index (χ3n) is 4.92. The fraction of sp³-hybridized carbons (Fsp3) is 0.300. The van der Waals surface area contributed by atoms with Crippen molar-refractivity contribution in [3.8, 4) is 11.3 Å². The third kappa shape index (κ3) is 3.95. The lowest BCUT2D eigenvalue weighted by molar-refractivity contribution is -0.119. The van der Waals surface area contributed by atoms with E-state index in [-0.39, 0.29) is 36.6 Å².